The molecule has 2 unspecified atom stereocenters. The van der Waals surface area contributed by atoms with E-state index in [1.54, 1.807) is 0 Å². The average Bonchev–Trinajstić information content (AvgIpc) is 3.69. The Balaban J connectivity index is -0.00000406. The van der Waals surface area contributed by atoms with Crippen LogP contribution in [0.2, 0.25) is 0 Å². The maximum Gasteiger partial charge on any atom is 0.266 e. The second-order valence-electron chi connectivity index (χ2n) is 13.3. The molecule has 26 heteroatoms. The van der Waals surface area contributed by atoms with Crippen molar-refractivity contribution >= 4 is 47.6 Å². The smallest absolute Gasteiger partial charge is 0.266 e. The van der Waals surface area contributed by atoms with Crippen molar-refractivity contribution in [1.82, 2.24) is 62.7 Å². The molecule has 0 aromatic heterocycles. The monoisotopic (exact) mass is 1440 g/mol. The summed E-state index contributed by atoms with van der Waals surface area (Å²) in [5, 5.41) is 24.8. The van der Waals surface area contributed by atoms with Crippen LogP contribution in [0.25, 0.3) is 0 Å². The number of hydroxylamine groups is 1. The van der Waals surface area contributed by atoms with Gasteiger partial charge in [0.15, 0.2) is 6.61 Å². The zero-order valence-electron chi connectivity index (χ0n) is 35.1. The Bertz CT molecular complexity index is 1330. The SMILES string of the molecule is [CH2-]NCC(N[CH2-])C(=O)N(CCNC(=O)CO/N=C/C(=O)N[C@@H](CC(C)C)C(=O)N1CCC[C@H]1C(=O)NC)CCN(CCNC(=O)CONC)C(=O)C(CN[CH2-])N[CH2-].[Gd].[Gd].[Gd].[Gd]. The van der Waals surface area contributed by atoms with Crippen molar-refractivity contribution < 1.29 is 203 Å². The molecule has 358 valence electrons. The molecule has 1 fully saturated rings. The molecule has 1 heterocycles. The van der Waals surface area contributed by atoms with E-state index in [9.17, 15) is 33.6 Å². The Morgan fingerprint density at radius 2 is 1.28 bits per heavy atom. The summed E-state index contributed by atoms with van der Waals surface area (Å²) < 4.78 is 0. The summed E-state index contributed by atoms with van der Waals surface area (Å²) in [6, 6.07) is -3.04. The molecule has 0 bridgehead atoms. The number of rotatable bonds is 29. The number of amides is 7. The molecule has 1 rings (SSSR count). The third-order valence-corrected chi connectivity index (χ3v) is 8.65. The predicted octanol–water partition coefficient (Wildman–Crippen LogP) is -4.44. The van der Waals surface area contributed by atoms with Crippen molar-refractivity contribution in [2.24, 2.45) is 11.1 Å². The van der Waals surface area contributed by atoms with Gasteiger partial charge in [-0.25, -0.2) is 5.48 Å². The van der Waals surface area contributed by atoms with Crippen LogP contribution in [0.4, 0.5) is 0 Å². The molecule has 1 saturated heterocycles. The first-order chi connectivity index (χ1) is 27.3. The number of hydrogen-bond donors (Lipinski definition) is 9. The van der Waals surface area contributed by atoms with Crippen molar-refractivity contribution in [3.8, 4) is 0 Å². The number of nitrogens with zero attached hydrogens (tertiary/aromatic N) is 4. The van der Waals surface area contributed by atoms with Gasteiger partial charge in [0.2, 0.25) is 29.5 Å². The third kappa shape index (κ3) is 27.9. The summed E-state index contributed by atoms with van der Waals surface area (Å²) in [5.74, 6) is -3.05. The van der Waals surface area contributed by atoms with Crippen LogP contribution >= 0.6 is 0 Å². The van der Waals surface area contributed by atoms with Gasteiger partial charge in [0.05, 0.1) is 12.1 Å². The maximum absolute atomic E-state index is 13.5. The largest absolute Gasteiger partial charge is 0.471 e. The molecule has 0 aromatic carbocycles. The first kappa shape index (κ1) is 68.4. The molecule has 61 heavy (non-hydrogen) atoms. The van der Waals surface area contributed by atoms with Crippen LogP contribution in [0.15, 0.2) is 5.16 Å². The Kier molecular flexibility index (Phi) is 46.0. The minimum atomic E-state index is -0.896. The van der Waals surface area contributed by atoms with Gasteiger partial charge in [0, 0.05) is 220 Å². The van der Waals surface area contributed by atoms with E-state index in [-0.39, 0.29) is 248 Å². The summed E-state index contributed by atoms with van der Waals surface area (Å²) in [4.78, 5) is 104. The second-order valence-corrected chi connectivity index (χ2v) is 13.3. The van der Waals surface area contributed by atoms with Gasteiger partial charge in [0.25, 0.3) is 11.8 Å². The average molecular weight is 1440 g/mol. The predicted molar refractivity (Wildman–Crippen MR) is 210 cm³/mol. The second kappa shape index (κ2) is 41.0. The molecule has 22 nitrogen and oxygen atoms in total. The molecule has 0 aromatic rings. The topological polar surface area (TPSA) is 268 Å². The molecule has 0 radical (unpaired) electrons. The van der Waals surface area contributed by atoms with Crippen molar-refractivity contribution in [3.05, 3.63) is 28.2 Å². The van der Waals surface area contributed by atoms with Crippen LogP contribution in [-0.2, 0) is 43.2 Å². The fourth-order valence-corrected chi connectivity index (χ4v) is 5.78. The molecule has 7 amide bonds. The van der Waals surface area contributed by atoms with Gasteiger partial charge < -0.3 is 62.1 Å². The third-order valence-electron chi connectivity index (χ3n) is 8.65. The van der Waals surface area contributed by atoms with E-state index < -0.39 is 48.5 Å². The van der Waals surface area contributed by atoms with Gasteiger partial charge >= 0.3 is 0 Å². The summed E-state index contributed by atoms with van der Waals surface area (Å²) in [7, 11) is 17.4. The number of nitrogens with one attached hydrogen (secondary N) is 9. The summed E-state index contributed by atoms with van der Waals surface area (Å²) in [6.07, 6.45) is 2.34. The first-order valence-electron chi connectivity index (χ1n) is 18.7. The summed E-state index contributed by atoms with van der Waals surface area (Å²) in [5.41, 5.74) is 2.40. The minimum Gasteiger partial charge on any atom is -0.471 e. The summed E-state index contributed by atoms with van der Waals surface area (Å²) in [6.45, 7) is 3.98. The quantitative estimate of drug-likeness (QED) is 0.0195. The molecular weight excluding hydrogens is 1380 g/mol. The Hall–Kier alpha value is 0.819. The number of likely N-dealkylation sites (N-methyl/N-ethyl adjacent to an activating group) is 1. The standard InChI is InChI=1S/C35H63N13O9.4Gd/c1-24(2)18-25(35(55)48-13-9-10-28(48)32(52)40-7)45-29(49)21-44-57-23-31(51)43-12-15-47(34(54)27(39-6)20-37-4)17-16-46(33(53)26(38-5)19-36-3)14-11-42-30(50)22-56-41-8;;;;/h21,24-28,36-39,41H,3-6,9-20,22-23H2,1-2,7-8H3,(H,40,52)(H,42,50)(H,43,51)(H,45,49);;;;/q-4;;;;/b44-21+;;;;/t25-,26?,27?,28-;;;;/m0..../s1. The fourth-order valence-electron chi connectivity index (χ4n) is 5.78. The Labute approximate surface area is 488 Å². The minimum absolute atomic E-state index is 0. The van der Waals surface area contributed by atoms with Crippen molar-refractivity contribution in [3.63, 3.8) is 0 Å². The van der Waals surface area contributed by atoms with Crippen molar-refractivity contribution in [2.45, 2.75) is 57.3 Å². The summed E-state index contributed by atoms with van der Waals surface area (Å²) >= 11 is 0. The van der Waals surface area contributed by atoms with Gasteiger partial charge in [-0.2, -0.15) is 0 Å². The van der Waals surface area contributed by atoms with E-state index in [1.165, 1.54) is 28.8 Å². The van der Waals surface area contributed by atoms with Crippen LogP contribution in [0.5, 0.6) is 0 Å². The molecule has 0 spiro atoms. The molecule has 0 saturated carbocycles. The molecule has 1 aliphatic heterocycles. The Morgan fingerprint density at radius 3 is 1.72 bits per heavy atom. The normalized spacial score (nSPS) is 14.4. The molecule has 9 N–H and O–H groups in total. The van der Waals surface area contributed by atoms with Crippen LogP contribution < -0.4 is 48.0 Å². The van der Waals surface area contributed by atoms with E-state index in [0.717, 1.165) is 6.21 Å². The van der Waals surface area contributed by atoms with E-state index >= 15 is 0 Å². The number of hydrogen-bond acceptors (Lipinski definition) is 15. The van der Waals surface area contributed by atoms with Gasteiger partial charge in [-0.3, -0.25) is 66.6 Å². The van der Waals surface area contributed by atoms with E-state index in [2.05, 4.69) is 81.4 Å². The van der Waals surface area contributed by atoms with Gasteiger partial charge in [-0.05, 0) is 38.3 Å². The number of likely N-dealkylation sites (tertiary alicyclic amines) is 1. The van der Waals surface area contributed by atoms with E-state index in [1.807, 2.05) is 13.8 Å². The van der Waals surface area contributed by atoms with Crippen molar-refractivity contribution in [2.75, 3.05) is 86.2 Å². The van der Waals surface area contributed by atoms with Gasteiger partial charge in [-0.15, -0.1) is 0 Å². The van der Waals surface area contributed by atoms with Crippen molar-refractivity contribution in [1.29, 1.82) is 0 Å². The van der Waals surface area contributed by atoms with E-state index in [4.69, 9.17) is 9.68 Å². The van der Waals surface area contributed by atoms with Gasteiger partial charge in [0.1, 0.15) is 24.9 Å². The first-order valence-corrected chi connectivity index (χ1v) is 18.7. The zero-order chi connectivity index (χ0) is 42.8. The van der Waals surface area contributed by atoms with Crippen LogP contribution in [0.1, 0.15) is 33.1 Å². The number of oxime groups is 1. The Morgan fingerprint density at radius 1 is 0.770 bits per heavy atom. The van der Waals surface area contributed by atoms with Crippen LogP contribution in [0, 0.1) is 194 Å². The molecule has 4 atom stereocenters. The number of carbonyl (C=O) groups excluding carboxylic acids is 7. The number of carbonyl (C=O) groups is 7. The zero-order valence-corrected chi connectivity index (χ0v) is 44.1. The molecule has 0 aliphatic carbocycles. The van der Waals surface area contributed by atoms with E-state index in [0.29, 0.717) is 25.8 Å². The van der Waals surface area contributed by atoms with Crippen LogP contribution in [0.3, 0.4) is 0 Å². The molecular formula is C35H63Gd4N13O9-4. The maximum atomic E-state index is 13.5. The van der Waals surface area contributed by atoms with Crippen LogP contribution in [-0.4, -0.2) is 173 Å². The van der Waals surface area contributed by atoms with Gasteiger partial charge in [-0.1, -0.05) is 19.0 Å². The molecule has 1 aliphatic rings. The fraction of sp³-hybridized carbons (Fsp3) is 0.657.